The second kappa shape index (κ2) is 28.8. The molecule has 18 aromatic rings. The van der Waals surface area contributed by atoms with Crippen molar-refractivity contribution in [3.63, 3.8) is 0 Å². The molecule has 0 atom stereocenters. The first-order chi connectivity index (χ1) is 58.7. The first kappa shape index (κ1) is 75.4. The van der Waals surface area contributed by atoms with Crippen molar-refractivity contribution >= 4 is 126 Å². The molecular formula is C113H94N4OS2Si. The Bertz CT molecular complexity index is 7020. The number of thiophene rings is 2. The zero-order valence-electron chi connectivity index (χ0n) is 70.2. The second-order valence-corrected chi connectivity index (χ2v) is 43.1. The number of hydrogen-bond acceptors (Lipinski definition) is 7. The Morgan fingerprint density at radius 1 is 0.231 bits per heavy atom. The van der Waals surface area contributed by atoms with Crippen LogP contribution in [0.4, 0.5) is 68.2 Å². The van der Waals surface area contributed by atoms with Gasteiger partial charge in [0.05, 0.1) is 19.4 Å². The maximum atomic E-state index is 6.34. The van der Waals surface area contributed by atoms with E-state index in [4.69, 9.17) is 4.42 Å². The van der Waals surface area contributed by atoms with Crippen LogP contribution in [-0.2, 0) is 21.7 Å². The molecule has 0 radical (unpaired) electrons. The second-order valence-electron chi connectivity index (χ2n) is 36.0. The van der Waals surface area contributed by atoms with Gasteiger partial charge in [-0.1, -0.05) is 305 Å². The van der Waals surface area contributed by atoms with Crippen LogP contribution in [0.1, 0.15) is 99.9 Å². The third-order valence-corrected chi connectivity index (χ3v) is 30.7. The van der Waals surface area contributed by atoms with E-state index in [1.807, 2.05) is 28.7 Å². The van der Waals surface area contributed by atoms with E-state index in [0.29, 0.717) is 0 Å². The van der Waals surface area contributed by atoms with Crippen LogP contribution in [0.5, 0.6) is 0 Å². The van der Waals surface area contributed by atoms with Gasteiger partial charge in [0.2, 0.25) is 0 Å². The van der Waals surface area contributed by atoms with E-state index in [0.717, 1.165) is 61.8 Å². The Morgan fingerprint density at radius 2 is 0.504 bits per heavy atom. The van der Waals surface area contributed by atoms with Crippen molar-refractivity contribution in [2.24, 2.45) is 0 Å². The van der Waals surface area contributed by atoms with Gasteiger partial charge < -0.3 is 24.0 Å². The first-order valence-corrected chi connectivity index (χ1v) is 47.5. The van der Waals surface area contributed by atoms with Crippen LogP contribution in [0.25, 0.3) is 86.0 Å². The van der Waals surface area contributed by atoms with Crippen molar-refractivity contribution in [2.45, 2.75) is 96.7 Å². The maximum Gasteiger partial charge on any atom is 0.135 e. The highest BCUT2D eigenvalue weighted by atomic mass is 32.1. The summed E-state index contributed by atoms with van der Waals surface area (Å²) in [6.45, 7) is 26.8. The fraction of sp³-hybridized carbons (Fsp3) is 0.133. The predicted molar refractivity (Wildman–Crippen MR) is 519 cm³/mol. The lowest BCUT2D eigenvalue weighted by atomic mass is 9.74. The van der Waals surface area contributed by atoms with Gasteiger partial charge in [-0.15, -0.1) is 22.7 Å². The highest BCUT2D eigenvalue weighted by Gasteiger charge is 2.51. The normalized spacial score (nSPS) is 14.2. The van der Waals surface area contributed by atoms with Crippen LogP contribution in [0.2, 0.25) is 19.6 Å². The molecule has 5 nitrogen and oxygen atoms in total. The van der Waals surface area contributed by atoms with Gasteiger partial charge in [-0.25, -0.2) is 0 Å². The molecule has 0 aliphatic heterocycles. The van der Waals surface area contributed by atoms with Crippen LogP contribution in [-0.4, -0.2) is 8.07 Å². The number of nitrogens with zero attached hydrogens (tertiary/aromatic N) is 4. The smallest absolute Gasteiger partial charge is 0.135 e. The third kappa shape index (κ3) is 12.3. The van der Waals surface area contributed by atoms with Gasteiger partial charge in [0.1, 0.15) is 11.2 Å². The summed E-state index contributed by atoms with van der Waals surface area (Å²) in [5, 5.41) is 3.71. The molecule has 0 saturated heterocycles. The third-order valence-electron chi connectivity index (χ3n) is 26.2. The Labute approximate surface area is 720 Å². The molecule has 121 heavy (non-hydrogen) atoms. The lowest BCUT2D eigenvalue weighted by Crippen LogP contribution is -2.37. The highest BCUT2D eigenvalue weighted by molar-refractivity contribution is 7.20. The number of hydrogen-bond donors (Lipinski definition) is 0. The van der Waals surface area contributed by atoms with Crippen LogP contribution in [0.3, 0.4) is 0 Å². The van der Waals surface area contributed by atoms with Crippen LogP contribution in [0, 0.1) is 0 Å². The summed E-state index contributed by atoms with van der Waals surface area (Å²) in [6, 6.07) is 135. The van der Waals surface area contributed by atoms with Crippen molar-refractivity contribution < 1.29 is 4.42 Å². The molecule has 0 unspecified atom stereocenters. The molecule has 8 heteroatoms. The molecule has 0 bridgehead atoms. The van der Waals surface area contributed by atoms with Gasteiger partial charge in [0, 0.05) is 120 Å². The largest absolute Gasteiger partial charge is 0.456 e. The van der Waals surface area contributed by atoms with Gasteiger partial charge in [-0.3, -0.25) is 0 Å². The van der Waals surface area contributed by atoms with Gasteiger partial charge >= 0.3 is 0 Å². The average molecular weight is 1620 g/mol. The van der Waals surface area contributed by atoms with Crippen LogP contribution < -0.4 is 24.8 Å². The van der Waals surface area contributed by atoms with Gasteiger partial charge in [0.25, 0.3) is 0 Å². The molecule has 0 spiro atoms. The molecule has 3 heterocycles. The molecule has 4 aliphatic rings. The molecule has 15 aromatic carbocycles. The van der Waals surface area contributed by atoms with Gasteiger partial charge in [-0.05, 0) is 223 Å². The van der Waals surface area contributed by atoms with Crippen molar-refractivity contribution in [3.05, 3.63) is 415 Å². The fourth-order valence-electron chi connectivity index (χ4n) is 20.2. The minimum Gasteiger partial charge on any atom is -0.456 e. The molecule has 3 aromatic heterocycles. The first-order valence-electron chi connectivity index (χ1n) is 42.4. The molecule has 22 rings (SSSR count). The molecule has 0 fully saturated rings. The number of anilines is 12. The molecule has 4 aliphatic carbocycles. The Hall–Kier alpha value is -13.1. The van der Waals surface area contributed by atoms with E-state index in [-0.39, 0.29) is 21.7 Å². The van der Waals surface area contributed by atoms with Crippen molar-refractivity contribution in [2.75, 3.05) is 19.6 Å². The molecule has 0 N–H and O–H groups in total. The lowest BCUT2D eigenvalue weighted by molar-refractivity contribution is 0.603. The predicted octanol–water partition coefficient (Wildman–Crippen LogP) is 32.4. The van der Waals surface area contributed by atoms with E-state index in [9.17, 15) is 0 Å². The average Bonchev–Trinajstić information content (AvgIpc) is 1.52. The summed E-state index contributed by atoms with van der Waals surface area (Å²) in [4.78, 5) is 15.4. The lowest BCUT2D eigenvalue weighted by Gasteiger charge is -2.31. The van der Waals surface area contributed by atoms with E-state index >= 15 is 0 Å². The van der Waals surface area contributed by atoms with Gasteiger partial charge in [-0.2, -0.15) is 0 Å². The monoisotopic (exact) mass is 1610 g/mol. The maximum absolute atomic E-state index is 6.34. The number of rotatable bonds is 15. The van der Waals surface area contributed by atoms with E-state index in [1.165, 1.54) is 142 Å². The number of benzene rings is 15. The summed E-state index contributed by atoms with van der Waals surface area (Å²) >= 11 is 3.98. The number of para-hydroxylation sites is 7. The highest BCUT2D eigenvalue weighted by Crippen LogP contribution is 2.67. The van der Waals surface area contributed by atoms with Crippen molar-refractivity contribution in [3.8, 4) is 64.0 Å². The Balaban J connectivity index is 0.000000152. The summed E-state index contributed by atoms with van der Waals surface area (Å²) in [5.41, 5.74) is 36.5. The van der Waals surface area contributed by atoms with Gasteiger partial charge in [0.15, 0.2) is 0 Å². The van der Waals surface area contributed by atoms with E-state index in [1.54, 1.807) is 0 Å². The SMILES string of the molecule is CC1(C)c2cc(N(c3ccccc3)c3ccc([Si](C)(C)C)cc3)ccc2-c2sc3c(c21)C(C)(C)c1cc(N(c2ccc4oc5ccccc5c4c2)c2ccccc2-c2ccccc2)ccc1-3.CC1(C)c2cc(N(c3ccccc3)c3ccccc3)ccc2-c2sc3c(c21)C(C)(C)c1cc(N(c2ccccc2)c2ccccc2-c2ccccc2)ccc1-3. The zero-order valence-corrected chi connectivity index (χ0v) is 72.9. The molecule has 0 amide bonds. The molecule has 0 saturated carbocycles. The fourth-order valence-corrected chi connectivity index (χ4v) is 24.7. The number of fused-ring (bicyclic) bond motifs is 17. The topological polar surface area (TPSA) is 26.1 Å². The summed E-state index contributed by atoms with van der Waals surface area (Å²) in [6.07, 6.45) is 0. The number of furan rings is 1. The molecular weight excluding hydrogens is 1520 g/mol. The van der Waals surface area contributed by atoms with Crippen molar-refractivity contribution in [1.29, 1.82) is 0 Å². The zero-order chi connectivity index (χ0) is 82.4. The Kier molecular flexibility index (Phi) is 18.0. The minimum absolute atomic E-state index is 0.170. The summed E-state index contributed by atoms with van der Waals surface area (Å²) in [7, 11) is -1.45. The summed E-state index contributed by atoms with van der Waals surface area (Å²) < 4.78 is 6.34. The quantitative estimate of drug-likeness (QED) is 0.0953. The van der Waals surface area contributed by atoms with E-state index in [2.05, 4.69) is 459 Å². The summed E-state index contributed by atoms with van der Waals surface area (Å²) in [5.74, 6) is 0. The van der Waals surface area contributed by atoms with Crippen molar-refractivity contribution in [1.82, 2.24) is 0 Å². The standard InChI is InChI=1S/C61H52N2OSSi.C52H42N2S/c1-60(2)51-37-43(62(40-20-12-9-13-21-40)41-26-31-45(32-27-41)66(5,6)7)28-33-48(51)58-56(60)57-59(65-58)49-34-29-44(38-52(49)61(57,3)4)63(53-24-16-14-22-46(53)39-18-10-8-11-19-39)42-30-35-55-50(36-42)47-23-15-17-25-54(47)64-55;1-51(2)44-33-39(53(36-21-11-6-12-22-36)37-23-13-7-14-24-37)29-31-42(44)49-47(51)48-50(55-49)43-32-30-40(34-45(43)52(48,3)4)54(38-25-15-8-16-26-38)46-28-18-17-27-41(46)35-19-9-5-10-20-35/h8-38H,1-7H3;5-34H,1-4H3. The van der Waals surface area contributed by atoms with E-state index < -0.39 is 8.07 Å². The van der Waals surface area contributed by atoms with Crippen LogP contribution in [0.15, 0.2) is 374 Å². The Morgan fingerprint density at radius 3 is 0.876 bits per heavy atom. The molecule has 588 valence electrons. The minimum atomic E-state index is -1.45. The van der Waals surface area contributed by atoms with Crippen LogP contribution >= 0.6 is 22.7 Å².